The van der Waals surface area contributed by atoms with Crippen molar-refractivity contribution in [2.45, 2.75) is 19.1 Å². The molecular weight excluding hydrogens is 305 g/mol. The highest BCUT2D eigenvalue weighted by atomic mass is 19.1. The summed E-state index contributed by atoms with van der Waals surface area (Å²) in [4.78, 5) is 14.2. The second kappa shape index (κ2) is 7.88. The van der Waals surface area contributed by atoms with E-state index in [2.05, 4.69) is 17.0 Å². The molecule has 4 heteroatoms. The quantitative estimate of drug-likeness (QED) is 0.621. The Morgan fingerprint density at radius 1 is 1.17 bits per heavy atom. The molecule has 0 unspecified atom stereocenters. The number of hydrogen-bond donors (Lipinski definition) is 0. The number of ether oxygens (including phenoxy) is 1. The van der Waals surface area contributed by atoms with Crippen LogP contribution in [0.15, 0.2) is 60.7 Å². The van der Waals surface area contributed by atoms with Crippen LogP contribution in [0.25, 0.3) is 6.08 Å². The molecule has 3 nitrogen and oxygen atoms in total. The van der Waals surface area contributed by atoms with Crippen molar-refractivity contribution in [3.63, 3.8) is 0 Å². The summed E-state index contributed by atoms with van der Waals surface area (Å²) in [5.41, 5.74) is 2.03. The van der Waals surface area contributed by atoms with Gasteiger partial charge in [-0.3, -0.25) is 4.90 Å². The molecule has 1 heterocycles. The molecule has 24 heavy (non-hydrogen) atoms. The van der Waals surface area contributed by atoms with Gasteiger partial charge in [0.1, 0.15) is 11.9 Å². The molecule has 1 aliphatic heterocycles. The Kier molecular flexibility index (Phi) is 5.39. The second-order valence-electron chi connectivity index (χ2n) is 5.95. The minimum Gasteiger partial charge on any atom is -0.458 e. The Hall–Kier alpha value is -2.46. The largest absolute Gasteiger partial charge is 0.458 e. The van der Waals surface area contributed by atoms with Crippen LogP contribution >= 0.6 is 0 Å². The first-order valence-electron chi connectivity index (χ1n) is 8.09. The number of benzene rings is 2. The molecule has 1 aliphatic rings. The lowest BCUT2D eigenvalue weighted by atomic mass is 10.2. The molecule has 1 fully saturated rings. The van der Waals surface area contributed by atoms with Crippen molar-refractivity contribution in [1.29, 1.82) is 0 Å². The Labute approximate surface area is 141 Å². The Morgan fingerprint density at radius 2 is 1.92 bits per heavy atom. The Bertz CT molecular complexity index is 697. The predicted molar refractivity (Wildman–Crippen MR) is 91.7 cm³/mol. The summed E-state index contributed by atoms with van der Waals surface area (Å²) in [5.74, 6) is -0.648. The van der Waals surface area contributed by atoms with Gasteiger partial charge in [0.05, 0.1) is 0 Å². The van der Waals surface area contributed by atoms with E-state index in [0.717, 1.165) is 31.6 Å². The summed E-state index contributed by atoms with van der Waals surface area (Å²) >= 11 is 0. The van der Waals surface area contributed by atoms with Crippen molar-refractivity contribution in [3.05, 3.63) is 77.6 Å². The van der Waals surface area contributed by atoms with Crippen molar-refractivity contribution in [2.75, 3.05) is 13.1 Å². The molecule has 3 rings (SSSR count). The van der Waals surface area contributed by atoms with E-state index >= 15 is 0 Å². The fourth-order valence-corrected chi connectivity index (χ4v) is 2.82. The van der Waals surface area contributed by atoms with Crippen LogP contribution in [0.3, 0.4) is 0 Å². The van der Waals surface area contributed by atoms with Gasteiger partial charge in [-0.05, 0) is 35.8 Å². The van der Waals surface area contributed by atoms with Crippen LogP contribution in [0.2, 0.25) is 0 Å². The number of esters is 1. The summed E-state index contributed by atoms with van der Waals surface area (Å²) in [6.07, 6.45) is 3.81. The number of nitrogens with zero attached hydrogens (tertiary/aromatic N) is 1. The molecule has 0 bridgehead atoms. The highest BCUT2D eigenvalue weighted by Gasteiger charge is 2.24. The van der Waals surface area contributed by atoms with Crippen molar-refractivity contribution in [2.24, 2.45) is 0 Å². The van der Waals surface area contributed by atoms with Gasteiger partial charge in [-0.15, -0.1) is 0 Å². The van der Waals surface area contributed by atoms with E-state index in [4.69, 9.17) is 4.74 Å². The smallest absolute Gasteiger partial charge is 0.331 e. The predicted octanol–water partition coefficient (Wildman–Crippen LogP) is 3.66. The number of halogens is 1. The summed E-state index contributed by atoms with van der Waals surface area (Å²) in [6.45, 7) is 2.56. The lowest BCUT2D eigenvalue weighted by Gasteiger charge is -2.15. The topological polar surface area (TPSA) is 29.5 Å². The monoisotopic (exact) mass is 325 g/mol. The van der Waals surface area contributed by atoms with Crippen LogP contribution in [-0.2, 0) is 16.1 Å². The number of carbonyl (C=O) groups excluding carboxylic acids is 1. The number of rotatable bonds is 5. The highest BCUT2D eigenvalue weighted by molar-refractivity contribution is 5.87. The molecule has 1 saturated heterocycles. The van der Waals surface area contributed by atoms with Crippen molar-refractivity contribution >= 4 is 12.0 Å². The van der Waals surface area contributed by atoms with Crippen molar-refractivity contribution in [1.82, 2.24) is 4.90 Å². The van der Waals surface area contributed by atoms with Crippen LogP contribution in [-0.4, -0.2) is 30.1 Å². The molecule has 2 aromatic carbocycles. The average molecular weight is 325 g/mol. The molecule has 2 aromatic rings. The third-order valence-electron chi connectivity index (χ3n) is 4.04. The summed E-state index contributed by atoms with van der Waals surface area (Å²) in [5, 5.41) is 0. The lowest BCUT2D eigenvalue weighted by Crippen LogP contribution is -2.24. The normalized spacial score (nSPS) is 18.1. The standard InChI is InChI=1S/C20H20FNO2/c21-18-9-6-16(7-10-18)8-11-20(23)24-19-12-13-22(15-19)14-17-4-2-1-3-5-17/h1-11,19H,12-15H2/t19-/m1/s1. The molecule has 0 N–H and O–H groups in total. The van der Waals surface area contributed by atoms with E-state index in [1.54, 1.807) is 18.2 Å². The zero-order chi connectivity index (χ0) is 16.8. The SMILES string of the molecule is O=C(C=Cc1ccc(F)cc1)O[C@@H]1CCN(Cc2ccccc2)C1. The van der Waals surface area contributed by atoms with Gasteiger partial charge in [0.15, 0.2) is 0 Å². The highest BCUT2D eigenvalue weighted by Crippen LogP contribution is 2.16. The first kappa shape index (κ1) is 16.4. The van der Waals surface area contributed by atoms with Crippen molar-refractivity contribution in [3.8, 4) is 0 Å². The van der Waals surface area contributed by atoms with E-state index in [-0.39, 0.29) is 17.9 Å². The maximum atomic E-state index is 12.8. The maximum absolute atomic E-state index is 12.8. The molecule has 0 aliphatic carbocycles. The van der Waals surface area contributed by atoms with Crippen LogP contribution < -0.4 is 0 Å². The van der Waals surface area contributed by atoms with Gasteiger partial charge in [0.2, 0.25) is 0 Å². The van der Waals surface area contributed by atoms with Crippen LogP contribution in [0, 0.1) is 5.82 Å². The molecule has 124 valence electrons. The van der Waals surface area contributed by atoms with Crippen LogP contribution in [0.5, 0.6) is 0 Å². The van der Waals surface area contributed by atoms with E-state index in [9.17, 15) is 9.18 Å². The zero-order valence-electron chi connectivity index (χ0n) is 13.4. The first-order chi connectivity index (χ1) is 11.7. The summed E-state index contributed by atoms with van der Waals surface area (Å²) in [7, 11) is 0. The van der Waals surface area contributed by atoms with Gasteiger partial charge in [-0.1, -0.05) is 42.5 Å². The molecule has 0 saturated carbocycles. The molecule has 0 spiro atoms. The Balaban J connectivity index is 1.46. The summed E-state index contributed by atoms with van der Waals surface area (Å²) in [6, 6.07) is 16.2. The Morgan fingerprint density at radius 3 is 2.67 bits per heavy atom. The summed E-state index contributed by atoms with van der Waals surface area (Å²) < 4.78 is 18.3. The third kappa shape index (κ3) is 4.77. The first-order valence-corrected chi connectivity index (χ1v) is 8.09. The molecular formula is C20H20FNO2. The maximum Gasteiger partial charge on any atom is 0.331 e. The van der Waals surface area contributed by atoms with Gasteiger partial charge in [-0.25, -0.2) is 9.18 Å². The van der Waals surface area contributed by atoms with Gasteiger partial charge < -0.3 is 4.74 Å². The number of likely N-dealkylation sites (tertiary alicyclic amines) is 1. The zero-order valence-corrected chi connectivity index (χ0v) is 13.4. The third-order valence-corrected chi connectivity index (χ3v) is 4.04. The van der Waals surface area contributed by atoms with E-state index in [0.29, 0.717) is 0 Å². The minimum atomic E-state index is -0.356. The average Bonchev–Trinajstić information content (AvgIpc) is 3.02. The molecule has 0 aromatic heterocycles. The van der Waals surface area contributed by atoms with E-state index < -0.39 is 0 Å². The second-order valence-corrected chi connectivity index (χ2v) is 5.95. The fourth-order valence-electron chi connectivity index (χ4n) is 2.82. The lowest BCUT2D eigenvalue weighted by molar-refractivity contribution is -0.142. The van der Waals surface area contributed by atoms with Crippen LogP contribution in [0.4, 0.5) is 4.39 Å². The van der Waals surface area contributed by atoms with Crippen LogP contribution in [0.1, 0.15) is 17.5 Å². The molecule has 0 amide bonds. The molecule has 1 atom stereocenters. The van der Waals surface area contributed by atoms with Crippen molar-refractivity contribution < 1.29 is 13.9 Å². The van der Waals surface area contributed by atoms with Gasteiger partial charge in [-0.2, -0.15) is 0 Å². The fraction of sp³-hybridized carbons (Fsp3) is 0.250. The molecule has 0 radical (unpaired) electrons. The minimum absolute atomic E-state index is 0.0703. The van der Waals surface area contributed by atoms with Gasteiger partial charge >= 0.3 is 5.97 Å². The van der Waals surface area contributed by atoms with Gasteiger partial charge in [0, 0.05) is 25.7 Å². The number of carbonyl (C=O) groups is 1. The number of hydrogen-bond acceptors (Lipinski definition) is 3. The van der Waals surface area contributed by atoms with E-state index in [1.807, 2.05) is 18.2 Å². The van der Waals surface area contributed by atoms with E-state index in [1.165, 1.54) is 23.8 Å². The van der Waals surface area contributed by atoms with Gasteiger partial charge in [0.25, 0.3) is 0 Å².